The summed E-state index contributed by atoms with van der Waals surface area (Å²) in [6.45, 7) is 0. The van der Waals surface area contributed by atoms with Crippen LogP contribution < -0.4 is 16.2 Å². The van der Waals surface area contributed by atoms with Gasteiger partial charge in [0, 0.05) is 12.4 Å². The number of hydrogen-bond acceptors (Lipinski definition) is 8. The van der Waals surface area contributed by atoms with Gasteiger partial charge in [-0.2, -0.15) is 5.10 Å². The number of H-pyrrole nitrogens is 1. The van der Waals surface area contributed by atoms with Crippen LogP contribution in [0.1, 0.15) is 0 Å². The first kappa shape index (κ1) is 10.7. The molecular weight excluding hydrogens is 252 g/mol. The third kappa shape index (κ3) is 1.70. The fraction of sp³-hybridized carbons (Fsp3) is 0. The molecule has 0 radical (unpaired) electrons. The van der Waals surface area contributed by atoms with Crippen LogP contribution in [0.2, 0.25) is 0 Å². The summed E-state index contributed by atoms with van der Waals surface area (Å²) in [5, 5.41) is 14.5. The number of nitrogen functional groups attached to an aromatic ring is 2. The molecule has 2 aliphatic rings. The highest BCUT2D eigenvalue weighted by Gasteiger charge is 2.20. The predicted molar refractivity (Wildman–Crippen MR) is 69.8 cm³/mol. The van der Waals surface area contributed by atoms with Crippen LogP contribution in [0.25, 0.3) is 0 Å². The minimum Gasteiger partial charge on any atom is -0.382 e. The Morgan fingerprint density at radius 2 is 2.22 bits per heavy atom. The second kappa shape index (κ2) is 4.11. The number of nitrogens with one attached hydrogen (secondary N) is 2. The first-order valence-electron chi connectivity index (χ1n) is 5.07. The minimum absolute atomic E-state index is 0.230. The molecular formula is C9H10N8S. The Hall–Kier alpha value is -2.42. The Kier molecular flexibility index (Phi) is 2.45. The van der Waals surface area contributed by atoms with Crippen LogP contribution >= 0.6 is 12.1 Å². The van der Waals surface area contributed by atoms with Crippen molar-refractivity contribution in [1.82, 2.24) is 19.2 Å². The van der Waals surface area contributed by atoms with E-state index in [0.717, 1.165) is 11.4 Å². The van der Waals surface area contributed by atoms with Crippen molar-refractivity contribution in [2.24, 2.45) is 10.2 Å². The summed E-state index contributed by atoms with van der Waals surface area (Å²) in [5.41, 5.74) is 13.2. The smallest absolute Gasteiger partial charge is 0.175 e. The van der Waals surface area contributed by atoms with Gasteiger partial charge in [-0.15, -0.1) is 10.2 Å². The molecule has 0 bridgehead atoms. The number of nitrogens with two attached hydrogens (primary N) is 2. The lowest BCUT2D eigenvalue weighted by Gasteiger charge is -2.16. The average molecular weight is 262 g/mol. The van der Waals surface area contributed by atoms with Gasteiger partial charge in [0.05, 0.1) is 17.8 Å². The summed E-state index contributed by atoms with van der Waals surface area (Å²) in [7, 11) is 0. The van der Waals surface area contributed by atoms with Gasteiger partial charge in [-0.3, -0.25) is 9.40 Å². The van der Waals surface area contributed by atoms with Crippen molar-refractivity contribution >= 4 is 29.5 Å². The molecule has 92 valence electrons. The van der Waals surface area contributed by atoms with E-state index in [0.29, 0.717) is 11.5 Å². The van der Waals surface area contributed by atoms with Crippen molar-refractivity contribution in [2.75, 3.05) is 11.5 Å². The maximum atomic E-state index is 5.64. The molecule has 3 rings (SSSR count). The highest BCUT2D eigenvalue weighted by Crippen LogP contribution is 2.33. The molecule has 0 spiro atoms. The van der Waals surface area contributed by atoms with E-state index in [9.17, 15) is 0 Å². The van der Waals surface area contributed by atoms with Crippen molar-refractivity contribution in [3.8, 4) is 0 Å². The quantitative estimate of drug-likeness (QED) is 0.472. The number of rotatable bonds is 2. The van der Waals surface area contributed by atoms with E-state index in [1.807, 2.05) is 28.9 Å². The fourth-order valence-electron chi connectivity index (χ4n) is 1.50. The van der Waals surface area contributed by atoms with Crippen LogP contribution in [0.15, 0.2) is 46.2 Å². The van der Waals surface area contributed by atoms with E-state index in [4.69, 9.17) is 11.5 Å². The summed E-state index contributed by atoms with van der Waals surface area (Å²) >= 11 is 1.45. The summed E-state index contributed by atoms with van der Waals surface area (Å²) in [6, 6.07) is 0. The maximum absolute atomic E-state index is 5.64. The SMILES string of the molecule is Nc1n[nH]c(N)c1N=NC1=CC=CN2SNC=C12. The van der Waals surface area contributed by atoms with Crippen LogP contribution in [-0.4, -0.2) is 14.5 Å². The molecule has 8 nitrogen and oxygen atoms in total. The monoisotopic (exact) mass is 262 g/mol. The van der Waals surface area contributed by atoms with Crippen molar-refractivity contribution in [1.29, 1.82) is 0 Å². The Morgan fingerprint density at radius 1 is 1.33 bits per heavy atom. The third-order valence-corrected chi connectivity index (χ3v) is 3.11. The number of aromatic nitrogens is 2. The van der Waals surface area contributed by atoms with Crippen molar-refractivity contribution in [2.45, 2.75) is 0 Å². The molecule has 18 heavy (non-hydrogen) atoms. The van der Waals surface area contributed by atoms with Crippen LogP contribution in [0.4, 0.5) is 17.3 Å². The molecule has 0 fully saturated rings. The van der Waals surface area contributed by atoms with Gasteiger partial charge in [0.1, 0.15) is 11.5 Å². The summed E-state index contributed by atoms with van der Waals surface area (Å²) in [4.78, 5) is 0. The van der Waals surface area contributed by atoms with E-state index in [2.05, 4.69) is 25.1 Å². The number of hydrogen-bond donors (Lipinski definition) is 4. The van der Waals surface area contributed by atoms with Gasteiger partial charge in [-0.25, -0.2) is 0 Å². The standard InChI is InChI=1S/C9H10N8S/c10-8-7(9(11)16-15-8)14-13-5-2-1-3-17-6(5)4-12-18-17/h1-4,12H,(H5,10,11,15,16). The molecule has 1 aromatic rings. The van der Waals surface area contributed by atoms with Crippen LogP contribution in [0.3, 0.4) is 0 Å². The lowest BCUT2D eigenvalue weighted by molar-refractivity contribution is 0.774. The van der Waals surface area contributed by atoms with Crippen molar-refractivity contribution < 1.29 is 0 Å². The molecule has 0 saturated carbocycles. The van der Waals surface area contributed by atoms with Gasteiger partial charge in [0.2, 0.25) is 0 Å². The number of fused-ring (bicyclic) bond motifs is 1. The van der Waals surface area contributed by atoms with Crippen LogP contribution in [-0.2, 0) is 0 Å². The molecule has 6 N–H and O–H groups in total. The minimum atomic E-state index is 0.230. The third-order valence-electron chi connectivity index (χ3n) is 2.37. The van der Waals surface area contributed by atoms with Gasteiger partial charge < -0.3 is 16.2 Å². The molecule has 3 heterocycles. The number of aromatic amines is 1. The summed E-state index contributed by atoms with van der Waals surface area (Å²) in [6.07, 6.45) is 7.51. The average Bonchev–Trinajstić information content (AvgIpc) is 2.95. The summed E-state index contributed by atoms with van der Waals surface area (Å²) < 4.78 is 4.97. The van der Waals surface area contributed by atoms with E-state index < -0.39 is 0 Å². The maximum Gasteiger partial charge on any atom is 0.175 e. The second-order valence-corrected chi connectivity index (χ2v) is 4.34. The largest absolute Gasteiger partial charge is 0.382 e. The van der Waals surface area contributed by atoms with Gasteiger partial charge in [-0.1, -0.05) is 0 Å². The second-order valence-electron chi connectivity index (χ2n) is 3.53. The van der Waals surface area contributed by atoms with Crippen molar-refractivity contribution in [3.63, 3.8) is 0 Å². The Bertz CT molecular complexity index is 576. The number of nitrogens with zero attached hydrogens (tertiary/aromatic N) is 4. The molecule has 0 unspecified atom stereocenters. The number of azo groups is 1. The first-order chi connectivity index (χ1) is 8.75. The fourth-order valence-corrected chi connectivity index (χ4v) is 2.16. The van der Waals surface area contributed by atoms with E-state index >= 15 is 0 Å². The van der Waals surface area contributed by atoms with Gasteiger partial charge in [0.25, 0.3) is 0 Å². The zero-order chi connectivity index (χ0) is 12.5. The van der Waals surface area contributed by atoms with Crippen LogP contribution in [0.5, 0.6) is 0 Å². The number of allylic oxidation sites excluding steroid dienone is 2. The predicted octanol–water partition coefficient (Wildman–Crippen LogP) is 1.38. The molecule has 1 aromatic heterocycles. The van der Waals surface area contributed by atoms with Gasteiger partial charge in [0.15, 0.2) is 11.5 Å². The van der Waals surface area contributed by atoms with Gasteiger partial charge in [-0.05, 0) is 12.2 Å². The lowest BCUT2D eigenvalue weighted by Crippen LogP contribution is -2.07. The van der Waals surface area contributed by atoms with Crippen LogP contribution in [0, 0.1) is 0 Å². The van der Waals surface area contributed by atoms with E-state index in [-0.39, 0.29) is 5.82 Å². The molecule has 0 aliphatic carbocycles. The highest BCUT2D eigenvalue weighted by atomic mass is 32.2. The lowest BCUT2D eigenvalue weighted by atomic mass is 10.2. The molecule has 9 heteroatoms. The number of anilines is 2. The Labute approximate surface area is 107 Å². The first-order valence-corrected chi connectivity index (χ1v) is 5.85. The van der Waals surface area contributed by atoms with E-state index in [1.165, 1.54) is 12.1 Å². The van der Waals surface area contributed by atoms with Gasteiger partial charge >= 0.3 is 0 Å². The zero-order valence-electron chi connectivity index (χ0n) is 9.16. The van der Waals surface area contributed by atoms with E-state index in [1.54, 1.807) is 0 Å². The normalized spacial score (nSPS) is 17.7. The Balaban J connectivity index is 1.89. The summed E-state index contributed by atoms with van der Waals surface area (Å²) in [5.74, 6) is 0.529. The van der Waals surface area contributed by atoms with Crippen molar-refractivity contribution in [3.05, 3.63) is 35.9 Å². The molecule has 2 aliphatic heterocycles. The molecule has 0 aromatic carbocycles. The Morgan fingerprint density at radius 3 is 3.00 bits per heavy atom. The molecule has 0 saturated heterocycles. The zero-order valence-corrected chi connectivity index (χ0v) is 9.98. The topological polar surface area (TPSA) is 121 Å². The molecule has 0 atom stereocenters. The highest BCUT2D eigenvalue weighted by molar-refractivity contribution is 7.95. The molecule has 0 amide bonds.